The second kappa shape index (κ2) is 19.3. The summed E-state index contributed by atoms with van der Waals surface area (Å²) < 4.78 is 28.9. The van der Waals surface area contributed by atoms with E-state index in [0.717, 1.165) is 6.21 Å². The lowest BCUT2D eigenvalue weighted by Crippen LogP contribution is -2.46. The molecule has 16 nitrogen and oxygen atoms in total. The molecule has 5 bridgehead atoms. The summed E-state index contributed by atoms with van der Waals surface area (Å²) in [6, 6.07) is 0. The van der Waals surface area contributed by atoms with Crippen molar-refractivity contribution in [2.24, 2.45) is 28.8 Å². The van der Waals surface area contributed by atoms with E-state index in [2.05, 4.69) is 10.5 Å². The van der Waals surface area contributed by atoms with Crippen LogP contribution in [0.1, 0.15) is 83.8 Å². The van der Waals surface area contributed by atoms with Crippen molar-refractivity contribution < 1.29 is 68.4 Å². The highest BCUT2D eigenvalue weighted by Gasteiger charge is 2.50. The summed E-state index contributed by atoms with van der Waals surface area (Å²) in [6.45, 7) is 16.3. The maximum atomic E-state index is 14.4. The van der Waals surface area contributed by atoms with Gasteiger partial charge in [-0.1, -0.05) is 51.1 Å². The molecule has 6 N–H and O–H groups in total. The molecule has 0 unspecified atom stereocenters. The molecule has 0 aromatic heterocycles. The Bertz CT molecular complexity index is 2020. The smallest absolute Gasteiger partial charge is 0.312 e. The number of aliphatic hydroxyl groups excluding tert-OH is 2. The number of hydrogen-bond donors (Lipinski definition) is 6. The first kappa shape index (κ1) is 46.5. The third kappa shape index (κ3) is 9.84. The van der Waals surface area contributed by atoms with Crippen LogP contribution in [0.2, 0.25) is 0 Å². The Morgan fingerprint density at radius 3 is 2.27 bits per heavy atom. The first-order chi connectivity index (χ1) is 27.7. The van der Waals surface area contributed by atoms with Crippen molar-refractivity contribution in [2.45, 2.75) is 106 Å². The number of oxime groups is 1. The van der Waals surface area contributed by atoms with Gasteiger partial charge in [-0.3, -0.25) is 14.4 Å². The van der Waals surface area contributed by atoms with E-state index in [4.69, 9.17) is 28.5 Å². The molecule has 5 rings (SSSR count). The lowest BCUT2D eigenvalue weighted by atomic mass is 9.78. The summed E-state index contributed by atoms with van der Waals surface area (Å²) in [4.78, 5) is 45.6. The number of aromatic hydroxyl groups is 3. The van der Waals surface area contributed by atoms with Crippen LogP contribution in [0.4, 0.5) is 5.69 Å². The van der Waals surface area contributed by atoms with Gasteiger partial charge in [0.25, 0.3) is 11.7 Å². The average Bonchev–Trinajstić information content (AvgIpc) is 3.45. The molecule has 1 amide bonds. The molecule has 0 spiro atoms. The van der Waals surface area contributed by atoms with Gasteiger partial charge in [0.05, 0.1) is 65.7 Å². The standard InChI is InChI=1S/C43H58N2O14/c1-20(2)55-17-18-57-44-19-28-33-38(51)31-30(37(28)50)32-40(26(8)36(31)49)59-43(10,41(32)52)56-16-15-29(54-11)23(5)39(58-27(9)46)25(7)35(48)24(6)34(47)21(3)13-12-14-22(4)42(53)45-33/h12-16,19-21,23-25,29,34-35,39,47-51H,17-18H2,1-11H3,(H,45,53)/b13-12-,16-15?,22-14-,44-19+/t21-,23+,24+,25+,29-,34-,35+,39+,43-/m0/s1. The number of Topliss-reactive ketones (excluding diaryl/α,β-unsaturated/α-hetero) is 1. The summed E-state index contributed by atoms with van der Waals surface area (Å²) in [7, 11) is 1.42. The zero-order chi connectivity index (χ0) is 44.1. The number of ether oxygens (including phenoxy) is 5. The minimum absolute atomic E-state index is 0.0206. The van der Waals surface area contributed by atoms with Gasteiger partial charge in [-0.25, -0.2) is 0 Å². The molecule has 0 saturated heterocycles. The van der Waals surface area contributed by atoms with E-state index in [9.17, 15) is 39.9 Å². The highest BCUT2D eigenvalue weighted by Crippen LogP contribution is 2.55. The van der Waals surface area contributed by atoms with Gasteiger partial charge >= 0.3 is 11.8 Å². The topological polar surface area (TPSA) is 232 Å². The van der Waals surface area contributed by atoms with Crippen molar-refractivity contribution in [2.75, 3.05) is 25.6 Å². The van der Waals surface area contributed by atoms with Gasteiger partial charge in [-0.15, -0.1) is 0 Å². The molecule has 2 aromatic rings. The van der Waals surface area contributed by atoms with Crippen LogP contribution in [0.5, 0.6) is 23.0 Å². The highest BCUT2D eigenvalue weighted by molar-refractivity contribution is 6.23. The Labute approximate surface area is 344 Å². The quantitative estimate of drug-likeness (QED) is 0.0480. The number of nitrogens with zero attached hydrogens (tertiary/aromatic N) is 1. The molecule has 2 aromatic carbocycles. The van der Waals surface area contributed by atoms with Crippen molar-refractivity contribution >= 4 is 40.3 Å². The number of methoxy groups -OCH3 is 1. The molecule has 3 heterocycles. The van der Waals surface area contributed by atoms with Crippen LogP contribution in [-0.4, -0.2) is 106 Å². The Kier molecular flexibility index (Phi) is 15.2. The lowest BCUT2D eigenvalue weighted by molar-refractivity contribution is -0.160. The van der Waals surface area contributed by atoms with Gasteiger partial charge in [0.2, 0.25) is 0 Å². The number of fused-ring (bicyclic) bond motifs is 14. The molecule has 3 aliphatic heterocycles. The molecule has 59 heavy (non-hydrogen) atoms. The number of hydrogen-bond acceptors (Lipinski definition) is 15. The van der Waals surface area contributed by atoms with E-state index >= 15 is 0 Å². The number of benzene rings is 2. The van der Waals surface area contributed by atoms with E-state index in [-0.39, 0.29) is 63.8 Å². The van der Waals surface area contributed by atoms with Crippen LogP contribution in [0.15, 0.2) is 41.3 Å². The van der Waals surface area contributed by atoms with E-state index in [0.29, 0.717) is 0 Å². The van der Waals surface area contributed by atoms with E-state index in [1.165, 1.54) is 53.2 Å². The zero-order valence-electron chi connectivity index (χ0n) is 35.4. The highest BCUT2D eigenvalue weighted by atomic mass is 16.7. The number of allylic oxidation sites excluding steroid dienone is 2. The number of amides is 1. The second-order valence-corrected chi connectivity index (χ2v) is 15.6. The fraction of sp³-hybridized carbons (Fsp3) is 0.535. The molecular formula is C43H58N2O14. The molecule has 324 valence electrons. The lowest BCUT2D eigenvalue weighted by Gasteiger charge is -2.38. The van der Waals surface area contributed by atoms with Gasteiger partial charge in [0, 0.05) is 61.2 Å². The van der Waals surface area contributed by atoms with Crippen molar-refractivity contribution in [3.05, 3.63) is 52.8 Å². The van der Waals surface area contributed by atoms with Crippen LogP contribution in [0, 0.1) is 30.6 Å². The zero-order valence-corrected chi connectivity index (χ0v) is 35.4. The fourth-order valence-electron chi connectivity index (χ4n) is 7.34. The summed E-state index contributed by atoms with van der Waals surface area (Å²) in [5.41, 5.74) is -0.693. The number of carbonyl (C=O) groups excluding carboxylic acids is 3. The summed E-state index contributed by atoms with van der Waals surface area (Å²) in [6.07, 6.45) is 4.37. The first-order valence-electron chi connectivity index (χ1n) is 19.5. The number of anilines is 1. The Morgan fingerprint density at radius 1 is 0.966 bits per heavy atom. The number of ketones is 1. The average molecular weight is 827 g/mol. The molecule has 16 heteroatoms. The SMILES string of the molecule is CO[C@H]1C=CO[C@@]2(C)Oc3c(C)c(O)c4c(O)c(c(/C=N/OCCOC(C)C)c(O)c4c3C2=O)NC(=O)/C(C)=C\C=C/[C@H](C)[C@H](O)[C@@H](C)[C@@H](O)[C@@H](C)[C@H](OC(C)=O)[C@@H]1C. The van der Waals surface area contributed by atoms with Crippen molar-refractivity contribution in [1.29, 1.82) is 0 Å². The predicted octanol–water partition coefficient (Wildman–Crippen LogP) is 5.53. The number of phenols is 3. The van der Waals surface area contributed by atoms with E-state index in [1.807, 2.05) is 13.8 Å². The third-order valence-electron chi connectivity index (χ3n) is 10.9. The summed E-state index contributed by atoms with van der Waals surface area (Å²) >= 11 is 0. The Balaban J connectivity index is 1.94. The van der Waals surface area contributed by atoms with Crippen LogP contribution in [0.25, 0.3) is 10.8 Å². The van der Waals surface area contributed by atoms with Crippen molar-refractivity contribution in [3.8, 4) is 23.0 Å². The van der Waals surface area contributed by atoms with Gasteiger partial charge < -0.3 is 59.4 Å². The molecule has 0 saturated carbocycles. The van der Waals surface area contributed by atoms with Gasteiger partial charge in [-0.2, -0.15) is 0 Å². The number of nitrogens with one attached hydrogen (secondary N) is 1. The number of phenolic OH excluding ortho intramolecular Hbond substituents is 3. The molecule has 0 aliphatic carbocycles. The largest absolute Gasteiger partial charge is 0.507 e. The number of aliphatic hydroxyl groups is 2. The number of esters is 1. The molecule has 9 atom stereocenters. The van der Waals surface area contributed by atoms with E-state index < -0.39 is 88.8 Å². The second-order valence-electron chi connectivity index (χ2n) is 15.6. The normalized spacial score (nSPS) is 29.6. The predicted molar refractivity (Wildman–Crippen MR) is 218 cm³/mol. The van der Waals surface area contributed by atoms with Crippen LogP contribution in [0.3, 0.4) is 0 Å². The minimum atomic E-state index is -2.07. The van der Waals surface area contributed by atoms with Crippen molar-refractivity contribution in [3.63, 3.8) is 0 Å². The maximum Gasteiger partial charge on any atom is 0.312 e. The third-order valence-corrected chi connectivity index (χ3v) is 10.9. The van der Waals surface area contributed by atoms with Crippen LogP contribution >= 0.6 is 0 Å². The summed E-state index contributed by atoms with van der Waals surface area (Å²) in [5.74, 6) is -8.76. The first-order valence-corrected chi connectivity index (χ1v) is 19.5. The number of rotatable bonds is 8. The Hall–Kier alpha value is -5.16. The van der Waals surface area contributed by atoms with Gasteiger partial charge in [0.15, 0.2) is 5.75 Å². The minimum Gasteiger partial charge on any atom is -0.507 e. The Morgan fingerprint density at radius 2 is 1.64 bits per heavy atom. The van der Waals surface area contributed by atoms with Crippen LogP contribution < -0.4 is 10.1 Å². The van der Waals surface area contributed by atoms with Gasteiger partial charge in [-0.05, 0) is 33.8 Å². The molecule has 0 radical (unpaired) electrons. The summed E-state index contributed by atoms with van der Waals surface area (Å²) in [5, 5.41) is 63.9. The fourth-order valence-corrected chi connectivity index (χ4v) is 7.34. The van der Waals surface area contributed by atoms with Crippen molar-refractivity contribution in [1.82, 2.24) is 0 Å². The maximum absolute atomic E-state index is 14.4. The molecule has 0 fully saturated rings. The van der Waals surface area contributed by atoms with E-state index in [1.54, 1.807) is 39.8 Å². The van der Waals surface area contributed by atoms with Gasteiger partial charge in [0.1, 0.15) is 30.0 Å². The molecular weight excluding hydrogens is 768 g/mol. The molecule has 3 aliphatic rings. The van der Waals surface area contributed by atoms with Crippen LogP contribution in [-0.2, 0) is 33.4 Å². The monoisotopic (exact) mass is 826 g/mol. The number of carbonyl (C=O) groups is 3.